The van der Waals surface area contributed by atoms with Crippen LogP contribution in [0.25, 0.3) is 10.2 Å². The second-order valence-electron chi connectivity index (χ2n) is 7.02. The summed E-state index contributed by atoms with van der Waals surface area (Å²) in [6.45, 7) is 4.15. The predicted molar refractivity (Wildman–Crippen MR) is 113 cm³/mol. The van der Waals surface area contributed by atoms with Crippen molar-refractivity contribution in [3.8, 4) is 0 Å². The monoisotopic (exact) mass is 418 g/mol. The molecule has 2 rings (SSSR count). The number of hydrogen-bond donors (Lipinski definition) is 5. The Morgan fingerprint density at radius 2 is 1.93 bits per heavy atom. The van der Waals surface area contributed by atoms with Gasteiger partial charge in [-0.05, 0) is 37.0 Å². The number of ketones is 1. The molecule has 7 N–H and O–H groups in total. The van der Waals surface area contributed by atoms with Crippen LogP contribution in [0, 0.1) is 11.3 Å². The van der Waals surface area contributed by atoms with E-state index in [4.69, 9.17) is 16.9 Å². The van der Waals surface area contributed by atoms with E-state index < -0.39 is 17.9 Å². The van der Waals surface area contributed by atoms with Gasteiger partial charge < -0.3 is 22.1 Å². The lowest BCUT2D eigenvalue weighted by molar-refractivity contribution is -0.120. The van der Waals surface area contributed by atoms with Crippen LogP contribution in [-0.2, 0) is 4.79 Å². The lowest BCUT2D eigenvalue weighted by Gasteiger charge is -2.18. The number of fused-ring (bicyclic) bond motifs is 1. The first-order valence-electron chi connectivity index (χ1n) is 9.31. The lowest BCUT2D eigenvalue weighted by Crippen LogP contribution is -2.47. The van der Waals surface area contributed by atoms with E-state index in [1.165, 1.54) is 11.3 Å². The van der Waals surface area contributed by atoms with Crippen LogP contribution in [0.4, 0.5) is 0 Å². The van der Waals surface area contributed by atoms with Crippen molar-refractivity contribution in [2.24, 2.45) is 17.4 Å². The van der Waals surface area contributed by atoms with E-state index >= 15 is 0 Å². The van der Waals surface area contributed by atoms with Crippen LogP contribution >= 0.6 is 11.3 Å². The standard InChI is InChI=1S/C19H26N6O3S/c1-10(2)15(16(20)27)25-17(28)11-6-7-12-14(9-11)29-18(24-12)13(26)5-3-4-8-23-19(21)22/h6-7,9-10,15H,3-5,8H2,1-2H3,(H2,20,27)(H,25,28)(H4,21,22,23)/t15-/m0/s1. The molecule has 0 fully saturated rings. The summed E-state index contributed by atoms with van der Waals surface area (Å²) in [6, 6.07) is 4.20. The average molecular weight is 419 g/mol. The number of rotatable bonds is 10. The van der Waals surface area contributed by atoms with E-state index in [-0.39, 0.29) is 17.7 Å². The molecule has 0 aliphatic heterocycles. The van der Waals surface area contributed by atoms with Gasteiger partial charge in [-0.3, -0.25) is 19.8 Å². The summed E-state index contributed by atoms with van der Waals surface area (Å²) in [7, 11) is 0. The van der Waals surface area contributed by atoms with E-state index in [1.54, 1.807) is 32.0 Å². The number of amides is 2. The van der Waals surface area contributed by atoms with E-state index in [0.29, 0.717) is 35.5 Å². The van der Waals surface area contributed by atoms with Crippen molar-refractivity contribution >= 4 is 45.1 Å². The van der Waals surface area contributed by atoms with Crippen molar-refractivity contribution in [2.45, 2.75) is 39.2 Å². The summed E-state index contributed by atoms with van der Waals surface area (Å²) in [5, 5.41) is 12.8. The number of nitrogens with two attached hydrogens (primary N) is 2. The number of benzene rings is 1. The Kier molecular flexibility index (Phi) is 7.66. The van der Waals surface area contributed by atoms with Crippen molar-refractivity contribution in [1.82, 2.24) is 15.6 Å². The zero-order valence-corrected chi connectivity index (χ0v) is 17.3. The van der Waals surface area contributed by atoms with Gasteiger partial charge in [0.1, 0.15) is 6.04 Å². The van der Waals surface area contributed by atoms with Crippen LogP contribution in [0.15, 0.2) is 18.2 Å². The molecule has 156 valence electrons. The van der Waals surface area contributed by atoms with Gasteiger partial charge in [-0.25, -0.2) is 4.98 Å². The molecule has 1 aromatic carbocycles. The number of carbonyl (C=O) groups is 3. The number of hydrogen-bond acceptors (Lipinski definition) is 6. The molecular formula is C19H26N6O3S. The third kappa shape index (κ3) is 6.24. The molecule has 10 heteroatoms. The smallest absolute Gasteiger partial charge is 0.251 e. The molecule has 1 heterocycles. The number of Topliss-reactive ketones (excluding diaryl/α,β-unsaturated/α-hetero) is 1. The normalized spacial score (nSPS) is 12.0. The SMILES string of the molecule is CC(C)[C@H](NC(=O)c1ccc2nc(C(=O)CCCCNC(=N)N)sc2c1)C(N)=O. The minimum atomic E-state index is -0.755. The Labute approximate surface area is 172 Å². The van der Waals surface area contributed by atoms with Crippen LogP contribution < -0.4 is 22.1 Å². The second-order valence-corrected chi connectivity index (χ2v) is 8.05. The van der Waals surface area contributed by atoms with Crippen LogP contribution in [0.1, 0.15) is 53.3 Å². The van der Waals surface area contributed by atoms with E-state index in [0.717, 1.165) is 11.1 Å². The summed E-state index contributed by atoms with van der Waals surface area (Å²) in [5.74, 6) is -1.26. The Morgan fingerprint density at radius 1 is 1.21 bits per heavy atom. The fraction of sp³-hybridized carbons (Fsp3) is 0.421. The third-order valence-electron chi connectivity index (χ3n) is 4.30. The Morgan fingerprint density at radius 3 is 2.55 bits per heavy atom. The largest absolute Gasteiger partial charge is 0.370 e. The highest BCUT2D eigenvalue weighted by atomic mass is 32.1. The van der Waals surface area contributed by atoms with Crippen molar-refractivity contribution in [1.29, 1.82) is 5.41 Å². The molecule has 0 radical (unpaired) electrons. The molecule has 1 atom stereocenters. The second kappa shape index (κ2) is 9.97. The van der Waals surface area contributed by atoms with Crippen LogP contribution in [0.5, 0.6) is 0 Å². The van der Waals surface area contributed by atoms with Crippen LogP contribution in [0.2, 0.25) is 0 Å². The number of nitrogens with zero attached hydrogens (tertiary/aromatic N) is 1. The maximum Gasteiger partial charge on any atom is 0.251 e. The minimum absolute atomic E-state index is 0.0615. The zero-order chi connectivity index (χ0) is 21.6. The third-order valence-corrected chi connectivity index (χ3v) is 5.35. The number of guanidine groups is 1. The van der Waals surface area contributed by atoms with Crippen molar-refractivity contribution in [3.05, 3.63) is 28.8 Å². The summed E-state index contributed by atoms with van der Waals surface area (Å²) >= 11 is 1.24. The zero-order valence-electron chi connectivity index (χ0n) is 16.5. The van der Waals surface area contributed by atoms with E-state index in [9.17, 15) is 14.4 Å². The van der Waals surface area contributed by atoms with Gasteiger partial charge >= 0.3 is 0 Å². The first-order valence-corrected chi connectivity index (χ1v) is 10.1. The minimum Gasteiger partial charge on any atom is -0.370 e. The highest BCUT2D eigenvalue weighted by Gasteiger charge is 2.22. The highest BCUT2D eigenvalue weighted by Crippen LogP contribution is 2.25. The fourth-order valence-corrected chi connectivity index (χ4v) is 3.69. The number of carbonyl (C=O) groups excluding carboxylic acids is 3. The Bertz CT molecular complexity index is 924. The average Bonchev–Trinajstić information content (AvgIpc) is 3.08. The van der Waals surface area contributed by atoms with Gasteiger partial charge in [0.15, 0.2) is 16.8 Å². The molecule has 0 saturated carbocycles. The van der Waals surface area contributed by atoms with Gasteiger partial charge in [-0.2, -0.15) is 0 Å². The van der Waals surface area contributed by atoms with E-state index in [1.807, 2.05) is 0 Å². The highest BCUT2D eigenvalue weighted by molar-refractivity contribution is 7.20. The molecule has 1 aromatic heterocycles. The van der Waals surface area contributed by atoms with Gasteiger partial charge in [0.2, 0.25) is 5.91 Å². The van der Waals surface area contributed by atoms with Crippen molar-refractivity contribution in [3.63, 3.8) is 0 Å². The summed E-state index contributed by atoms with van der Waals surface area (Å²) in [6.07, 6.45) is 1.73. The summed E-state index contributed by atoms with van der Waals surface area (Å²) < 4.78 is 0.722. The summed E-state index contributed by atoms with van der Waals surface area (Å²) in [5.41, 5.74) is 11.6. The number of primary amides is 1. The summed E-state index contributed by atoms with van der Waals surface area (Å²) in [4.78, 5) is 40.7. The van der Waals surface area contributed by atoms with Crippen molar-refractivity contribution in [2.75, 3.05) is 6.54 Å². The molecule has 29 heavy (non-hydrogen) atoms. The van der Waals surface area contributed by atoms with Crippen LogP contribution in [0.3, 0.4) is 0 Å². The molecule has 0 bridgehead atoms. The van der Waals surface area contributed by atoms with Gasteiger partial charge in [0.05, 0.1) is 10.2 Å². The van der Waals surface area contributed by atoms with Crippen molar-refractivity contribution < 1.29 is 14.4 Å². The number of aromatic nitrogens is 1. The maximum absolute atomic E-state index is 12.5. The molecule has 0 spiro atoms. The van der Waals surface area contributed by atoms with Gasteiger partial charge in [0.25, 0.3) is 5.91 Å². The predicted octanol–water partition coefficient (Wildman–Crippen LogP) is 1.37. The first kappa shape index (κ1) is 22.3. The lowest BCUT2D eigenvalue weighted by atomic mass is 10.0. The number of unbranched alkanes of at least 4 members (excludes halogenated alkanes) is 1. The number of thiazole rings is 1. The van der Waals surface area contributed by atoms with E-state index in [2.05, 4.69) is 15.6 Å². The van der Waals surface area contributed by atoms with Crippen LogP contribution in [-0.4, -0.2) is 41.1 Å². The molecule has 2 aromatic rings. The fourth-order valence-electron chi connectivity index (χ4n) is 2.72. The molecular weight excluding hydrogens is 392 g/mol. The topological polar surface area (TPSA) is 164 Å². The van der Waals surface area contributed by atoms with Gasteiger partial charge in [0, 0.05) is 18.5 Å². The molecule has 2 amide bonds. The first-order chi connectivity index (χ1) is 13.7. The van der Waals surface area contributed by atoms with Gasteiger partial charge in [-0.1, -0.05) is 13.8 Å². The Balaban J connectivity index is 2.03. The number of nitrogens with one attached hydrogen (secondary N) is 3. The van der Waals surface area contributed by atoms with Gasteiger partial charge in [-0.15, -0.1) is 11.3 Å². The quantitative estimate of drug-likeness (QED) is 0.169. The maximum atomic E-state index is 12.5. The molecule has 9 nitrogen and oxygen atoms in total. The molecule has 0 aliphatic carbocycles. The Hall–Kier alpha value is -3.01. The molecule has 0 saturated heterocycles. The molecule has 0 aliphatic rings. The molecule has 0 unspecified atom stereocenters.